The van der Waals surface area contributed by atoms with Crippen molar-refractivity contribution < 1.29 is 9.53 Å². The SMILES string of the molecule is CCOc1cc(N)cc(C(=O)NC2CCC(C)C(C)C2)c1. The van der Waals surface area contributed by atoms with Crippen molar-refractivity contribution in [2.45, 2.75) is 46.1 Å². The molecule has 4 heteroatoms. The predicted octanol–water partition coefficient (Wildman–Crippen LogP) is 3.22. The Morgan fingerprint density at radius 1 is 1.29 bits per heavy atom. The van der Waals surface area contributed by atoms with Crippen molar-refractivity contribution in [1.29, 1.82) is 0 Å². The van der Waals surface area contributed by atoms with Crippen LogP contribution in [-0.2, 0) is 0 Å². The van der Waals surface area contributed by atoms with Crippen molar-refractivity contribution in [2.75, 3.05) is 12.3 Å². The first-order valence-corrected chi connectivity index (χ1v) is 7.83. The molecular formula is C17H26N2O2. The van der Waals surface area contributed by atoms with Crippen molar-refractivity contribution in [1.82, 2.24) is 5.32 Å². The van der Waals surface area contributed by atoms with E-state index >= 15 is 0 Å². The average molecular weight is 290 g/mol. The molecule has 3 N–H and O–H groups in total. The molecule has 21 heavy (non-hydrogen) atoms. The first kappa shape index (κ1) is 15.7. The molecule has 3 unspecified atom stereocenters. The Morgan fingerprint density at radius 2 is 2.05 bits per heavy atom. The van der Waals surface area contributed by atoms with Gasteiger partial charge in [0.15, 0.2) is 0 Å². The molecule has 1 aromatic carbocycles. The molecule has 0 aliphatic heterocycles. The number of nitrogens with one attached hydrogen (secondary N) is 1. The number of carbonyl (C=O) groups excluding carboxylic acids is 1. The molecule has 1 aliphatic rings. The Hall–Kier alpha value is -1.71. The number of anilines is 1. The fourth-order valence-electron chi connectivity index (χ4n) is 2.95. The van der Waals surface area contributed by atoms with Gasteiger partial charge in [-0.2, -0.15) is 0 Å². The highest BCUT2D eigenvalue weighted by Gasteiger charge is 2.25. The lowest BCUT2D eigenvalue weighted by atomic mass is 9.79. The Morgan fingerprint density at radius 3 is 2.71 bits per heavy atom. The van der Waals surface area contributed by atoms with Crippen LogP contribution in [0.1, 0.15) is 50.4 Å². The molecule has 1 aliphatic carbocycles. The second kappa shape index (κ2) is 6.83. The molecule has 116 valence electrons. The van der Waals surface area contributed by atoms with Gasteiger partial charge in [0.05, 0.1) is 6.61 Å². The van der Waals surface area contributed by atoms with Crippen molar-refractivity contribution >= 4 is 11.6 Å². The van der Waals surface area contributed by atoms with E-state index in [9.17, 15) is 4.79 Å². The summed E-state index contributed by atoms with van der Waals surface area (Å²) < 4.78 is 5.44. The van der Waals surface area contributed by atoms with Crippen LogP contribution < -0.4 is 15.8 Å². The predicted molar refractivity (Wildman–Crippen MR) is 85.5 cm³/mol. The van der Waals surface area contributed by atoms with E-state index < -0.39 is 0 Å². The molecule has 3 atom stereocenters. The number of nitrogens with two attached hydrogens (primary N) is 1. The second-order valence-electron chi connectivity index (χ2n) is 6.16. The standard InChI is InChI=1S/C17H26N2O2/c1-4-21-16-9-13(8-14(18)10-16)17(20)19-15-6-5-11(2)12(3)7-15/h8-12,15H,4-7,18H2,1-3H3,(H,19,20). The number of hydrogen-bond acceptors (Lipinski definition) is 3. The summed E-state index contributed by atoms with van der Waals surface area (Å²) in [4.78, 5) is 12.4. The summed E-state index contributed by atoms with van der Waals surface area (Å²) in [5.74, 6) is 1.99. The molecule has 1 amide bonds. The fraction of sp³-hybridized carbons (Fsp3) is 0.588. The van der Waals surface area contributed by atoms with Crippen LogP contribution >= 0.6 is 0 Å². The van der Waals surface area contributed by atoms with Gasteiger partial charge in [0.1, 0.15) is 5.75 Å². The van der Waals surface area contributed by atoms with Crippen molar-refractivity contribution in [3.8, 4) is 5.75 Å². The Labute approximate surface area is 127 Å². The van der Waals surface area contributed by atoms with Crippen LogP contribution in [0.25, 0.3) is 0 Å². The fourth-order valence-corrected chi connectivity index (χ4v) is 2.95. The second-order valence-corrected chi connectivity index (χ2v) is 6.16. The summed E-state index contributed by atoms with van der Waals surface area (Å²) in [6, 6.07) is 5.46. The maximum atomic E-state index is 12.4. The molecule has 0 spiro atoms. The van der Waals surface area contributed by atoms with E-state index in [4.69, 9.17) is 10.5 Å². The molecule has 0 aromatic heterocycles. The minimum absolute atomic E-state index is 0.0602. The molecule has 1 fully saturated rings. The normalized spacial score (nSPS) is 25.4. The smallest absolute Gasteiger partial charge is 0.251 e. The number of nitrogen functional groups attached to an aromatic ring is 1. The monoisotopic (exact) mass is 290 g/mol. The Kier molecular flexibility index (Phi) is 5.10. The molecule has 0 bridgehead atoms. The summed E-state index contributed by atoms with van der Waals surface area (Å²) in [5.41, 5.74) is 6.97. The number of rotatable bonds is 4. The highest BCUT2D eigenvalue weighted by atomic mass is 16.5. The van der Waals surface area contributed by atoms with Gasteiger partial charge in [0, 0.05) is 23.4 Å². The lowest BCUT2D eigenvalue weighted by molar-refractivity contribution is 0.0910. The quantitative estimate of drug-likeness (QED) is 0.837. The number of amides is 1. The lowest BCUT2D eigenvalue weighted by Gasteiger charge is -2.32. The highest BCUT2D eigenvalue weighted by molar-refractivity contribution is 5.95. The first-order valence-electron chi connectivity index (χ1n) is 7.83. The van der Waals surface area contributed by atoms with E-state index in [0.29, 0.717) is 29.5 Å². The molecule has 2 rings (SSSR count). The van der Waals surface area contributed by atoms with Gasteiger partial charge in [-0.1, -0.05) is 13.8 Å². The van der Waals surface area contributed by atoms with E-state index in [-0.39, 0.29) is 11.9 Å². The van der Waals surface area contributed by atoms with E-state index in [0.717, 1.165) is 18.8 Å². The van der Waals surface area contributed by atoms with Gasteiger partial charge in [0.25, 0.3) is 5.91 Å². The van der Waals surface area contributed by atoms with Crippen molar-refractivity contribution in [3.05, 3.63) is 23.8 Å². The van der Waals surface area contributed by atoms with Crippen LogP contribution in [-0.4, -0.2) is 18.6 Å². The molecule has 1 aromatic rings. The zero-order chi connectivity index (χ0) is 15.4. The molecule has 0 saturated heterocycles. The molecular weight excluding hydrogens is 264 g/mol. The van der Waals surface area contributed by atoms with Gasteiger partial charge in [-0.25, -0.2) is 0 Å². The van der Waals surface area contributed by atoms with Crippen LogP contribution in [0.4, 0.5) is 5.69 Å². The minimum Gasteiger partial charge on any atom is -0.494 e. The Bertz CT molecular complexity index is 502. The van der Waals surface area contributed by atoms with Gasteiger partial charge >= 0.3 is 0 Å². The third-order valence-corrected chi connectivity index (χ3v) is 4.44. The van der Waals surface area contributed by atoms with Gasteiger partial charge in [-0.05, 0) is 50.2 Å². The number of benzene rings is 1. The van der Waals surface area contributed by atoms with E-state index in [1.807, 2.05) is 6.92 Å². The average Bonchev–Trinajstić information content (AvgIpc) is 2.42. The van der Waals surface area contributed by atoms with Crippen LogP contribution in [0.5, 0.6) is 5.75 Å². The zero-order valence-electron chi connectivity index (χ0n) is 13.2. The van der Waals surface area contributed by atoms with Crippen molar-refractivity contribution in [3.63, 3.8) is 0 Å². The lowest BCUT2D eigenvalue weighted by Crippen LogP contribution is -2.39. The van der Waals surface area contributed by atoms with E-state index in [1.54, 1.807) is 18.2 Å². The topological polar surface area (TPSA) is 64.3 Å². The third kappa shape index (κ3) is 4.13. The van der Waals surface area contributed by atoms with E-state index in [1.165, 1.54) is 6.42 Å². The number of carbonyl (C=O) groups is 1. The van der Waals surface area contributed by atoms with Crippen LogP contribution in [0, 0.1) is 11.8 Å². The maximum Gasteiger partial charge on any atom is 0.251 e. The van der Waals surface area contributed by atoms with Crippen LogP contribution in [0.15, 0.2) is 18.2 Å². The summed E-state index contributed by atoms with van der Waals surface area (Å²) >= 11 is 0. The summed E-state index contributed by atoms with van der Waals surface area (Å²) in [7, 11) is 0. The first-order chi connectivity index (χ1) is 9.99. The highest BCUT2D eigenvalue weighted by Crippen LogP contribution is 2.29. The summed E-state index contributed by atoms with van der Waals surface area (Å²) in [6.07, 6.45) is 3.28. The van der Waals surface area contributed by atoms with Crippen molar-refractivity contribution in [2.24, 2.45) is 11.8 Å². The summed E-state index contributed by atoms with van der Waals surface area (Å²) in [5, 5.41) is 3.13. The van der Waals surface area contributed by atoms with Gasteiger partial charge < -0.3 is 15.8 Å². The van der Waals surface area contributed by atoms with E-state index in [2.05, 4.69) is 19.2 Å². The van der Waals surface area contributed by atoms with Gasteiger partial charge in [-0.15, -0.1) is 0 Å². The van der Waals surface area contributed by atoms with Gasteiger partial charge in [-0.3, -0.25) is 4.79 Å². The molecule has 0 radical (unpaired) electrons. The zero-order valence-corrected chi connectivity index (χ0v) is 13.2. The molecule has 4 nitrogen and oxygen atoms in total. The Balaban J connectivity index is 2.03. The maximum absolute atomic E-state index is 12.4. The molecule has 1 saturated carbocycles. The van der Waals surface area contributed by atoms with Gasteiger partial charge in [0.2, 0.25) is 0 Å². The van der Waals surface area contributed by atoms with Crippen LogP contribution in [0.3, 0.4) is 0 Å². The molecule has 0 heterocycles. The summed E-state index contributed by atoms with van der Waals surface area (Å²) in [6.45, 7) is 7.02. The van der Waals surface area contributed by atoms with Crippen LogP contribution in [0.2, 0.25) is 0 Å². The number of ether oxygens (including phenoxy) is 1. The largest absolute Gasteiger partial charge is 0.494 e. The number of hydrogen-bond donors (Lipinski definition) is 2. The third-order valence-electron chi connectivity index (χ3n) is 4.44. The minimum atomic E-state index is -0.0602.